The molecule has 2 fully saturated rings. The maximum Gasteiger partial charge on any atom is 0.416 e. The molecule has 2 aliphatic rings. The molecule has 34 heavy (non-hydrogen) atoms. The molecule has 0 saturated heterocycles. The molecule has 3 heterocycles. The lowest BCUT2D eigenvalue weighted by molar-refractivity contribution is -0.137. The summed E-state index contributed by atoms with van der Waals surface area (Å²) in [7, 11) is 0. The molecular weight excluding hydrogens is 449 g/mol. The Morgan fingerprint density at radius 1 is 1.09 bits per heavy atom. The van der Waals surface area contributed by atoms with Gasteiger partial charge in [-0.1, -0.05) is 0 Å². The molecule has 3 atom stereocenters. The van der Waals surface area contributed by atoms with Crippen molar-refractivity contribution in [3.05, 3.63) is 66.0 Å². The molecule has 3 aromatic heterocycles. The Labute approximate surface area is 188 Å². The number of ether oxygens (including phenoxy) is 1. The molecule has 0 aliphatic heterocycles. The van der Waals surface area contributed by atoms with E-state index in [1.165, 1.54) is 18.7 Å². The maximum atomic E-state index is 13.1. The van der Waals surface area contributed by atoms with Gasteiger partial charge in [-0.15, -0.1) is 0 Å². The molecule has 3 N–H and O–H groups in total. The number of phenols is 1. The third kappa shape index (κ3) is 2.66. The Hall–Kier alpha value is -4.15. The van der Waals surface area contributed by atoms with E-state index in [0.29, 0.717) is 39.3 Å². The van der Waals surface area contributed by atoms with Gasteiger partial charge in [0.15, 0.2) is 11.2 Å². The van der Waals surface area contributed by atoms with Crippen molar-refractivity contribution in [2.45, 2.75) is 23.9 Å². The molecule has 0 radical (unpaired) electrons. The molecular formula is C23H15F3N6O2. The number of H-pyrrole nitrogens is 2. The normalized spacial score (nSPS) is 23.3. The summed E-state index contributed by atoms with van der Waals surface area (Å²) in [6.07, 6.45) is -0.692. The average molecular weight is 464 g/mol. The van der Waals surface area contributed by atoms with Crippen LogP contribution in [-0.4, -0.2) is 35.0 Å². The molecule has 0 spiro atoms. The van der Waals surface area contributed by atoms with E-state index in [2.05, 4.69) is 29.9 Å². The number of aromatic hydroxyl groups is 1. The first-order valence-corrected chi connectivity index (χ1v) is 10.6. The van der Waals surface area contributed by atoms with Crippen molar-refractivity contribution in [2.24, 2.45) is 5.92 Å². The third-order valence-electron chi connectivity index (χ3n) is 6.89. The lowest BCUT2D eigenvalue weighted by Gasteiger charge is -2.14. The number of alkyl halides is 3. The van der Waals surface area contributed by atoms with E-state index in [1.54, 1.807) is 18.2 Å². The summed E-state index contributed by atoms with van der Waals surface area (Å²) in [5.41, 5.74) is 1.56. The monoisotopic (exact) mass is 464 g/mol. The van der Waals surface area contributed by atoms with Crippen molar-refractivity contribution in [1.29, 1.82) is 0 Å². The zero-order valence-electron chi connectivity index (χ0n) is 17.3. The second-order valence-corrected chi connectivity index (χ2v) is 8.75. The first kappa shape index (κ1) is 19.3. The number of hydrogen-bond acceptors (Lipinski definition) is 6. The first-order chi connectivity index (χ1) is 16.3. The minimum absolute atomic E-state index is 0.00509. The molecule has 11 heteroatoms. The SMILES string of the molecule is Oc1ccc(Oc2ncnc3[nH]cnc23)cc1C1C2CC21c1nc2ccc(C(F)(F)F)cc2[nH]1. The fourth-order valence-electron chi connectivity index (χ4n) is 5.00. The van der Waals surface area contributed by atoms with Gasteiger partial charge in [0.1, 0.15) is 23.7 Å². The average Bonchev–Trinajstić information content (AvgIpc) is 3.49. The van der Waals surface area contributed by atoms with Gasteiger partial charge in [-0.25, -0.2) is 15.0 Å². The van der Waals surface area contributed by atoms with Crippen LogP contribution in [0, 0.1) is 5.92 Å². The summed E-state index contributed by atoms with van der Waals surface area (Å²) in [4.78, 5) is 23.0. The molecule has 2 aromatic carbocycles. The van der Waals surface area contributed by atoms with Gasteiger partial charge in [-0.05, 0) is 48.7 Å². The summed E-state index contributed by atoms with van der Waals surface area (Å²) in [6, 6.07) is 8.47. The van der Waals surface area contributed by atoms with Gasteiger partial charge < -0.3 is 19.8 Å². The van der Waals surface area contributed by atoms with Crippen molar-refractivity contribution >= 4 is 22.2 Å². The molecule has 0 bridgehead atoms. The topological polar surface area (TPSA) is 113 Å². The van der Waals surface area contributed by atoms with Crippen LogP contribution in [-0.2, 0) is 11.6 Å². The van der Waals surface area contributed by atoms with Gasteiger partial charge in [-0.2, -0.15) is 18.2 Å². The fourth-order valence-corrected chi connectivity index (χ4v) is 5.00. The predicted molar refractivity (Wildman–Crippen MR) is 113 cm³/mol. The molecule has 170 valence electrons. The summed E-state index contributed by atoms with van der Waals surface area (Å²) in [5.74, 6) is 1.81. The number of aromatic amines is 2. The summed E-state index contributed by atoms with van der Waals surface area (Å²) in [5, 5.41) is 10.6. The number of aromatic nitrogens is 6. The van der Waals surface area contributed by atoms with Gasteiger partial charge in [0.2, 0.25) is 0 Å². The van der Waals surface area contributed by atoms with Crippen molar-refractivity contribution in [2.75, 3.05) is 0 Å². The highest BCUT2D eigenvalue weighted by molar-refractivity contribution is 5.77. The highest BCUT2D eigenvalue weighted by Gasteiger charge is 2.81. The van der Waals surface area contributed by atoms with Crippen LogP contribution in [0.2, 0.25) is 0 Å². The Kier molecular flexibility index (Phi) is 3.55. The minimum Gasteiger partial charge on any atom is -0.508 e. The number of halogens is 3. The lowest BCUT2D eigenvalue weighted by atomic mass is 9.95. The molecule has 8 nitrogen and oxygen atoms in total. The van der Waals surface area contributed by atoms with Crippen LogP contribution in [0.1, 0.15) is 29.3 Å². The Morgan fingerprint density at radius 3 is 2.79 bits per heavy atom. The van der Waals surface area contributed by atoms with Gasteiger partial charge in [0.25, 0.3) is 5.88 Å². The summed E-state index contributed by atoms with van der Waals surface area (Å²) >= 11 is 0. The minimum atomic E-state index is -4.42. The second kappa shape index (κ2) is 6.25. The number of nitrogens with one attached hydrogen (secondary N) is 2. The Balaban J connectivity index is 1.21. The van der Waals surface area contributed by atoms with Crippen LogP contribution < -0.4 is 4.74 Å². The zero-order chi connectivity index (χ0) is 23.2. The van der Waals surface area contributed by atoms with E-state index in [4.69, 9.17) is 4.74 Å². The number of hydrogen-bond donors (Lipinski definition) is 3. The van der Waals surface area contributed by atoms with Gasteiger partial charge >= 0.3 is 6.18 Å². The fraction of sp³-hybridized carbons (Fsp3) is 0.217. The summed E-state index contributed by atoms with van der Waals surface area (Å²) < 4.78 is 45.2. The smallest absolute Gasteiger partial charge is 0.416 e. The Bertz CT molecular complexity index is 1610. The van der Waals surface area contributed by atoms with Gasteiger partial charge in [-0.3, -0.25) is 0 Å². The van der Waals surface area contributed by atoms with Crippen molar-refractivity contribution < 1.29 is 23.0 Å². The highest BCUT2D eigenvalue weighted by Crippen LogP contribution is 2.84. The number of fused-ring (bicyclic) bond motifs is 3. The number of nitrogens with zero attached hydrogens (tertiary/aromatic N) is 4. The predicted octanol–water partition coefficient (Wildman–Crippen LogP) is 4.80. The highest BCUT2D eigenvalue weighted by atomic mass is 19.4. The summed E-state index contributed by atoms with van der Waals surface area (Å²) in [6.45, 7) is 0. The van der Waals surface area contributed by atoms with E-state index in [9.17, 15) is 18.3 Å². The van der Waals surface area contributed by atoms with Crippen LogP contribution in [0.3, 0.4) is 0 Å². The molecule has 0 amide bonds. The van der Waals surface area contributed by atoms with E-state index in [-0.39, 0.29) is 28.9 Å². The molecule has 5 aromatic rings. The molecule has 2 aliphatic carbocycles. The molecule has 2 saturated carbocycles. The van der Waals surface area contributed by atoms with E-state index >= 15 is 0 Å². The van der Waals surface area contributed by atoms with Gasteiger partial charge in [0.05, 0.1) is 22.9 Å². The van der Waals surface area contributed by atoms with E-state index < -0.39 is 11.7 Å². The maximum absolute atomic E-state index is 13.1. The van der Waals surface area contributed by atoms with Crippen molar-refractivity contribution in [3.8, 4) is 17.4 Å². The quantitative estimate of drug-likeness (QED) is 0.352. The largest absolute Gasteiger partial charge is 0.508 e. The van der Waals surface area contributed by atoms with Crippen LogP contribution in [0.25, 0.3) is 22.2 Å². The first-order valence-electron chi connectivity index (χ1n) is 10.6. The number of phenolic OH excluding ortho intramolecular Hbond substituents is 1. The van der Waals surface area contributed by atoms with Crippen molar-refractivity contribution in [3.63, 3.8) is 0 Å². The van der Waals surface area contributed by atoms with E-state index in [1.807, 2.05) is 0 Å². The molecule has 7 rings (SSSR count). The lowest BCUT2D eigenvalue weighted by Crippen LogP contribution is -2.05. The van der Waals surface area contributed by atoms with Crippen LogP contribution >= 0.6 is 0 Å². The van der Waals surface area contributed by atoms with Gasteiger partial charge in [0, 0.05) is 16.9 Å². The number of imidazole rings is 2. The van der Waals surface area contributed by atoms with Crippen molar-refractivity contribution in [1.82, 2.24) is 29.9 Å². The third-order valence-corrected chi connectivity index (χ3v) is 6.89. The van der Waals surface area contributed by atoms with Crippen LogP contribution in [0.15, 0.2) is 49.1 Å². The number of rotatable bonds is 4. The molecule has 3 unspecified atom stereocenters. The number of benzene rings is 2. The standard InChI is InChI=1S/C23H15F3N6O2/c24-23(25,26)10-1-3-14-15(5-10)32-21(31-14)22-7-13(22)17(22)12-6-11(2-4-16(12)33)34-20-18-19(28-8-27-18)29-9-30-20/h1-6,8-9,13,17,33H,7H2,(H,31,32)(H,27,28,29,30). The van der Waals surface area contributed by atoms with E-state index in [0.717, 1.165) is 18.6 Å². The van der Waals surface area contributed by atoms with Crippen LogP contribution in [0.5, 0.6) is 17.4 Å². The Morgan fingerprint density at radius 2 is 1.97 bits per heavy atom. The van der Waals surface area contributed by atoms with Crippen LogP contribution in [0.4, 0.5) is 13.2 Å². The zero-order valence-corrected chi connectivity index (χ0v) is 17.3. The second-order valence-electron chi connectivity index (χ2n) is 8.75.